The lowest BCUT2D eigenvalue weighted by Crippen LogP contribution is -2.21. The smallest absolute Gasteiger partial charge is 0.143 e. The van der Waals surface area contributed by atoms with E-state index in [9.17, 15) is 0 Å². The first-order valence-corrected chi connectivity index (χ1v) is 22.3. The molecule has 2 heteroatoms. The first-order chi connectivity index (χ1) is 30.5. The van der Waals surface area contributed by atoms with Crippen molar-refractivity contribution in [2.75, 3.05) is 4.90 Å². The van der Waals surface area contributed by atoms with Crippen LogP contribution in [0.3, 0.4) is 0 Å². The third-order valence-electron chi connectivity index (χ3n) is 14.8. The van der Waals surface area contributed by atoms with Gasteiger partial charge in [-0.1, -0.05) is 172 Å². The van der Waals surface area contributed by atoms with Crippen molar-refractivity contribution in [1.29, 1.82) is 0 Å². The maximum Gasteiger partial charge on any atom is 0.143 e. The highest BCUT2D eigenvalue weighted by molar-refractivity contribution is 6.19. The molecule has 0 atom stereocenters. The van der Waals surface area contributed by atoms with E-state index in [0.29, 0.717) is 0 Å². The number of benzene rings is 9. The molecule has 296 valence electrons. The number of rotatable bonds is 5. The van der Waals surface area contributed by atoms with E-state index in [2.05, 4.69) is 207 Å². The van der Waals surface area contributed by atoms with Crippen molar-refractivity contribution in [1.82, 2.24) is 0 Å². The monoisotopic (exact) mass is 795 g/mol. The van der Waals surface area contributed by atoms with Crippen molar-refractivity contribution in [3.05, 3.63) is 210 Å². The number of nitrogens with zero attached hydrogens (tertiary/aromatic N) is 1. The fraction of sp³-hybridized carbons (Fsp3) is 0.133. The Hall–Kier alpha value is -7.16. The van der Waals surface area contributed by atoms with Crippen molar-refractivity contribution in [2.45, 2.75) is 50.4 Å². The second kappa shape index (κ2) is 13.2. The van der Waals surface area contributed by atoms with Crippen LogP contribution in [-0.4, -0.2) is 0 Å². The SMILES string of the molecule is CC1(C)c2ccccc2-c2cccc(-c3ccccc3-c3ccc(N(c4ccc5c(c4)C4(CCCC4)c4ccccc4-5)c4cccc5oc6c7ccccc7ccc6c45)cc3)c21. The molecule has 0 aliphatic heterocycles. The van der Waals surface area contributed by atoms with Gasteiger partial charge < -0.3 is 9.32 Å². The normalized spacial score (nSPS) is 15.3. The maximum absolute atomic E-state index is 6.79. The number of anilines is 3. The van der Waals surface area contributed by atoms with E-state index >= 15 is 0 Å². The van der Waals surface area contributed by atoms with E-state index in [-0.39, 0.29) is 10.8 Å². The quantitative estimate of drug-likeness (QED) is 0.173. The minimum atomic E-state index is -0.112. The van der Waals surface area contributed by atoms with Crippen LogP contribution in [0.2, 0.25) is 0 Å². The van der Waals surface area contributed by atoms with Crippen LogP contribution in [0.4, 0.5) is 17.1 Å². The Morgan fingerprint density at radius 3 is 1.87 bits per heavy atom. The first-order valence-electron chi connectivity index (χ1n) is 22.3. The molecule has 1 saturated carbocycles. The highest BCUT2D eigenvalue weighted by atomic mass is 16.3. The molecule has 2 nitrogen and oxygen atoms in total. The second-order valence-corrected chi connectivity index (χ2v) is 18.3. The van der Waals surface area contributed by atoms with Gasteiger partial charge in [-0.15, -0.1) is 0 Å². The predicted octanol–water partition coefficient (Wildman–Crippen LogP) is 16.7. The fourth-order valence-corrected chi connectivity index (χ4v) is 12.1. The Balaban J connectivity index is 0.993. The molecule has 0 unspecified atom stereocenters. The summed E-state index contributed by atoms with van der Waals surface area (Å²) in [6.07, 6.45) is 4.90. The van der Waals surface area contributed by atoms with Gasteiger partial charge in [-0.25, -0.2) is 0 Å². The third kappa shape index (κ3) is 4.92. The third-order valence-corrected chi connectivity index (χ3v) is 14.8. The number of fused-ring (bicyclic) bond motifs is 13. The van der Waals surface area contributed by atoms with Crippen LogP contribution in [0.25, 0.3) is 77.2 Å². The van der Waals surface area contributed by atoms with Crippen molar-refractivity contribution in [3.8, 4) is 44.5 Å². The maximum atomic E-state index is 6.79. The summed E-state index contributed by atoms with van der Waals surface area (Å²) in [6.45, 7) is 4.76. The van der Waals surface area contributed by atoms with Gasteiger partial charge in [0.15, 0.2) is 0 Å². The van der Waals surface area contributed by atoms with E-state index in [1.165, 1.54) is 104 Å². The molecular formula is C60H45NO. The molecule has 10 aromatic rings. The molecule has 3 aliphatic rings. The lowest BCUT2D eigenvalue weighted by Gasteiger charge is -2.30. The van der Waals surface area contributed by atoms with Crippen LogP contribution in [0.1, 0.15) is 61.8 Å². The number of hydrogen-bond acceptors (Lipinski definition) is 2. The van der Waals surface area contributed by atoms with Gasteiger partial charge in [0.2, 0.25) is 0 Å². The van der Waals surface area contributed by atoms with Crippen molar-refractivity contribution in [2.24, 2.45) is 0 Å². The Bertz CT molecular complexity index is 3450. The molecule has 0 radical (unpaired) electrons. The first kappa shape index (κ1) is 35.6. The minimum absolute atomic E-state index is 0.0575. The Labute approximate surface area is 362 Å². The highest BCUT2D eigenvalue weighted by Gasteiger charge is 2.45. The molecule has 1 spiro atoms. The predicted molar refractivity (Wildman–Crippen MR) is 259 cm³/mol. The molecule has 0 N–H and O–H groups in total. The molecule has 0 amide bonds. The topological polar surface area (TPSA) is 16.4 Å². The highest BCUT2D eigenvalue weighted by Crippen LogP contribution is 2.58. The second-order valence-electron chi connectivity index (χ2n) is 18.3. The lowest BCUT2D eigenvalue weighted by atomic mass is 9.76. The van der Waals surface area contributed by atoms with E-state index < -0.39 is 0 Å². The Kier molecular flexibility index (Phi) is 7.56. The van der Waals surface area contributed by atoms with Crippen molar-refractivity contribution < 1.29 is 4.42 Å². The van der Waals surface area contributed by atoms with Gasteiger partial charge >= 0.3 is 0 Å². The molecule has 9 aromatic carbocycles. The van der Waals surface area contributed by atoms with Crippen molar-refractivity contribution >= 4 is 49.8 Å². The minimum Gasteiger partial charge on any atom is -0.455 e. The Morgan fingerprint density at radius 2 is 1.06 bits per heavy atom. The zero-order chi connectivity index (χ0) is 41.2. The molecule has 62 heavy (non-hydrogen) atoms. The standard InChI is InChI=1S/C60H45NO/c1-59(2)51-23-9-7-20-46(51)49-22-13-21-48(57(49)59)44-18-6-5-16-42(44)39-27-30-40(31-28-39)61(41-32-34-47-45-19-8-10-24-52(45)60(53(47)37-41)35-11-12-36-60)54-25-14-26-55-56(54)50-33-29-38-15-3-4-17-43(38)58(50)62-55/h3-10,13-34,37H,11-12,35-36H2,1-2H3. The summed E-state index contributed by atoms with van der Waals surface area (Å²) in [5, 5.41) is 4.58. The van der Waals surface area contributed by atoms with Gasteiger partial charge in [-0.2, -0.15) is 0 Å². The van der Waals surface area contributed by atoms with E-state index in [1.807, 2.05) is 0 Å². The zero-order valence-corrected chi connectivity index (χ0v) is 35.1. The number of hydrogen-bond donors (Lipinski definition) is 0. The average molecular weight is 796 g/mol. The molecule has 1 aromatic heterocycles. The van der Waals surface area contributed by atoms with Crippen LogP contribution in [0, 0.1) is 0 Å². The van der Waals surface area contributed by atoms with E-state index in [4.69, 9.17) is 4.42 Å². The summed E-state index contributed by atoms with van der Waals surface area (Å²) in [4.78, 5) is 2.48. The summed E-state index contributed by atoms with van der Waals surface area (Å²) in [7, 11) is 0. The molecule has 1 heterocycles. The summed E-state index contributed by atoms with van der Waals surface area (Å²) in [6, 6.07) is 70.1. The van der Waals surface area contributed by atoms with Gasteiger partial charge in [0.05, 0.1) is 11.1 Å². The van der Waals surface area contributed by atoms with Crippen LogP contribution in [0.15, 0.2) is 192 Å². The van der Waals surface area contributed by atoms with Gasteiger partial charge in [-0.3, -0.25) is 0 Å². The van der Waals surface area contributed by atoms with Crippen LogP contribution in [-0.2, 0) is 10.8 Å². The summed E-state index contributed by atoms with van der Waals surface area (Å²) in [5.74, 6) is 0. The Morgan fingerprint density at radius 1 is 0.452 bits per heavy atom. The fourth-order valence-electron chi connectivity index (χ4n) is 12.1. The van der Waals surface area contributed by atoms with Crippen LogP contribution in [0.5, 0.6) is 0 Å². The molecule has 0 saturated heterocycles. The summed E-state index contributed by atoms with van der Waals surface area (Å²) >= 11 is 0. The van der Waals surface area contributed by atoms with Crippen LogP contribution < -0.4 is 4.90 Å². The van der Waals surface area contributed by atoms with E-state index in [1.54, 1.807) is 0 Å². The summed E-state index contributed by atoms with van der Waals surface area (Å²) in [5.41, 5.74) is 21.4. The van der Waals surface area contributed by atoms with Gasteiger partial charge in [-0.05, 0) is 127 Å². The molecule has 0 bridgehead atoms. The molecular weight excluding hydrogens is 751 g/mol. The zero-order valence-electron chi connectivity index (χ0n) is 35.1. The lowest BCUT2D eigenvalue weighted by molar-refractivity contribution is 0.550. The average Bonchev–Trinajstić information content (AvgIpc) is 4.09. The number of furan rings is 1. The van der Waals surface area contributed by atoms with Crippen LogP contribution >= 0.6 is 0 Å². The molecule has 1 fully saturated rings. The molecule has 13 rings (SSSR count). The van der Waals surface area contributed by atoms with Gasteiger partial charge in [0.25, 0.3) is 0 Å². The summed E-state index contributed by atoms with van der Waals surface area (Å²) < 4.78 is 6.79. The largest absolute Gasteiger partial charge is 0.455 e. The van der Waals surface area contributed by atoms with Crippen molar-refractivity contribution in [3.63, 3.8) is 0 Å². The van der Waals surface area contributed by atoms with Gasteiger partial charge in [0, 0.05) is 33.0 Å². The molecule has 3 aliphatic carbocycles. The van der Waals surface area contributed by atoms with Gasteiger partial charge in [0.1, 0.15) is 11.2 Å². The van der Waals surface area contributed by atoms with E-state index in [0.717, 1.165) is 38.7 Å².